The van der Waals surface area contributed by atoms with Crippen LogP contribution in [0.1, 0.15) is 214 Å². The van der Waals surface area contributed by atoms with Crippen molar-refractivity contribution < 1.29 is 30.2 Å². The predicted molar refractivity (Wildman–Crippen MR) is 482 cm³/mol. The average Bonchev–Trinajstić information content (AvgIpc) is 1.44. The first kappa shape index (κ1) is 51.6. The fourth-order valence-electron chi connectivity index (χ4n) is 16.0. The van der Waals surface area contributed by atoms with E-state index in [1.54, 1.807) is 0 Å². The van der Waals surface area contributed by atoms with E-state index in [1.165, 1.54) is 0 Å². The van der Waals surface area contributed by atoms with Crippen LogP contribution in [0.3, 0.4) is 0 Å². The van der Waals surface area contributed by atoms with Crippen molar-refractivity contribution in [2.75, 3.05) is 9.80 Å². The first-order valence-electron chi connectivity index (χ1n) is 49.5. The van der Waals surface area contributed by atoms with Gasteiger partial charge in [0.25, 0.3) is 6.71 Å². The van der Waals surface area contributed by atoms with Crippen LogP contribution in [0.5, 0.6) is 0 Å². The molecule has 17 rings (SSSR count). The van der Waals surface area contributed by atoms with Crippen molar-refractivity contribution >= 4 is 101 Å². The standard InChI is InChI=1S/C106H107BN4/c1-100(2,3)70-38-30-34-66(54-70)83-58-74(104(13,14)15)59-84(67-35-31-39-71(55-67)101(4,5)6)98(83)110-93-64-77(108-89-46-26-22-42-79(89)80-43-23-27-47-90(80)108)50-52-87(93)107-88-53-51-78(109-91-48-28-24-44-81(91)82-45-25-29-49-92(82)109)65-94(88)111(96-63-76(106(19,20)21)62-95(110)97(96)107)99-85(68-36-32-40-72(56-68)102(7,8)9)60-75(105(16,17)18)61-86(99)69-37-33-41-73(57-69)103(10,11)12/h22-65H,1-21H3/i22D,23D,24D,25D,26D,27D,28D,29D,42D,43D,44D,45D,46D,47D,48D,49D,50D,51D,52D,53D,64D,65D. The molecule has 4 nitrogen and oxygen atoms in total. The number of hydrogen-bond donors (Lipinski definition) is 0. The summed E-state index contributed by atoms with van der Waals surface area (Å²) in [5.74, 6) is 0. The number of nitrogens with zero attached hydrogens (tertiary/aromatic N) is 4. The molecule has 0 aliphatic carbocycles. The van der Waals surface area contributed by atoms with Crippen LogP contribution in [0.2, 0.25) is 0 Å². The van der Waals surface area contributed by atoms with Crippen LogP contribution in [0.4, 0.5) is 34.1 Å². The van der Waals surface area contributed by atoms with Crippen molar-refractivity contribution in [3.8, 4) is 55.9 Å². The molecule has 2 aromatic heterocycles. The molecule has 0 amide bonds. The number of rotatable bonds is 8. The highest BCUT2D eigenvalue weighted by Crippen LogP contribution is 2.57. The summed E-state index contributed by atoms with van der Waals surface area (Å²) in [6.07, 6.45) is 0. The Morgan fingerprint density at radius 2 is 0.514 bits per heavy atom. The van der Waals surface area contributed by atoms with E-state index in [0.717, 1.165) is 42.5 Å². The van der Waals surface area contributed by atoms with Crippen LogP contribution in [0.25, 0.3) is 99.5 Å². The van der Waals surface area contributed by atoms with Gasteiger partial charge >= 0.3 is 0 Å². The molecule has 0 fully saturated rings. The third kappa shape index (κ3) is 12.5. The van der Waals surface area contributed by atoms with Gasteiger partial charge in [0, 0.05) is 77.9 Å². The molecular formula is C106H107BN4. The first-order chi connectivity index (χ1) is 61.7. The Labute approximate surface area is 691 Å². The zero-order chi connectivity index (χ0) is 97.3. The average molecular weight is 1470 g/mol. The highest BCUT2D eigenvalue weighted by molar-refractivity contribution is 7.00. The van der Waals surface area contributed by atoms with Gasteiger partial charge in [0.15, 0.2) is 0 Å². The molecule has 0 unspecified atom stereocenters. The van der Waals surface area contributed by atoms with Gasteiger partial charge in [-0.2, -0.15) is 0 Å². The van der Waals surface area contributed by atoms with E-state index in [1.807, 2.05) is 70.5 Å². The Hall–Kier alpha value is -10.9. The number of para-hydroxylation sites is 4. The Morgan fingerprint density at radius 3 is 0.775 bits per heavy atom. The first-order valence-corrected chi connectivity index (χ1v) is 38.5. The Bertz CT molecular complexity index is 6910. The Kier molecular flexibility index (Phi) is 12.0. The van der Waals surface area contributed by atoms with Gasteiger partial charge < -0.3 is 18.9 Å². The minimum absolute atomic E-state index is 0.149. The second kappa shape index (κ2) is 25.9. The second-order valence-corrected chi connectivity index (χ2v) is 37.5. The molecule has 2 aliphatic rings. The summed E-state index contributed by atoms with van der Waals surface area (Å²) in [5, 5.41) is -1.40. The zero-order valence-electron chi connectivity index (χ0n) is 89.6. The maximum absolute atomic E-state index is 12.0. The van der Waals surface area contributed by atoms with Gasteiger partial charge in [-0.25, -0.2) is 0 Å². The summed E-state index contributed by atoms with van der Waals surface area (Å²) >= 11 is 0. The van der Waals surface area contributed by atoms with Gasteiger partial charge in [-0.1, -0.05) is 327 Å². The molecule has 554 valence electrons. The van der Waals surface area contributed by atoms with Gasteiger partial charge in [0.1, 0.15) is 0 Å². The van der Waals surface area contributed by atoms with Crippen molar-refractivity contribution in [1.29, 1.82) is 0 Å². The van der Waals surface area contributed by atoms with Gasteiger partial charge in [0.2, 0.25) is 0 Å². The summed E-state index contributed by atoms with van der Waals surface area (Å²) in [5.41, 5.74) is 5.90. The molecule has 13 aromatic carbocycles. The molecule has 0 spiro atoms. The monoisotopic (exact) mass is 1470 g/mol. The predicted octanol–water partition coefficient (Wildman–Crippen LogP) is 27.7. The van der Waals surface area contributed by atoms with E-state index in [2.05, 4.69) is 218 Å². The highest BCUT2D eigenvalue weighted by atomic mass is 15.2. The lowest BCUT2D eigenvalue weighted by atomic mass is 9.33. The third-order valence-electron chi connectivity index (χ3n) is 22.5. The van der Waals surface area contributed by atoms with Crippen LogP contribution in [-0.2, 0) is 37.9 Å². The van der Waals surface area contributed by atoms with Crippen LogP contribution >= 0.6 is 0 Å². The van der Waals surface area contributed by atoms with Crippen LogP contribution in [-0.4, -0.2) is 15.8 Å². The van der Waals surface area contributed by atoms with Crippen LogP contribution in [0, 0.1) is 0 Å². The normalized spacial score (nSPS) is 16.4. The molecule has 5 heteroatoms. The molecule has 0 saturated carbocycles. The fourth-order valence-corrected chi connectivity index (χ4v) is 16.0. The van der Waals surface area contributed by atoms with E-state index in [0.29, 0.717) is 78.3 Å². The smallest absolute Gasteiger partial charge is 0.252 e. The number of aromatic nitrogens is 2. The molecule has 15 aromatic rings. The molecule has 0 saturated heterocycles. The molecule has 111 heavy (non-hydrogen) atoms. The lowest BCUT2D eigenvalue weighted by Crippen LogP contribution is -2.61. The minimum Gasteiger partial charge on any atom is -0.310 e. The van der Waals surface area contributed by atoms with Crippen LogP contribution < -0.4 is 26.2 Å². The number of benzene rings is 13. The number of anilines is 6. The van der Waals surface area contributed by atoms with Crippen molar-refractivity contribution in [2.24, 2.45) is 0 Å². The summed E-state index contributed by atoms with van der Waals surface area (Å²) in [7, 11) is 0. The number of fused-ring (bicyclic) bond motifs is 10. The van der Waals surface area contributed by atoms with Crippen molar-refractivity contribution in [2.45, 2.75) is 183 Å². The summed E-state index contributed by atoms with van der Waals surface area (Å²) in [4.78, 5) is 3.92. The molecular weight excluding hydrogens is 1340 g/mol. The van der Waals surface area contributed by atoms with Crippen molar-refractivity contribution in [3.05, 3.63) is 305 Å². The SMILES string of the molecule is [2H]c1c([2H])c(-n2c3c([2H])c([2H])c([2H])c([2H])c3c3c([2H])c([2H])c([2H])c([2H])c32)c([2H])c2c1B1c3c(cc(C(C)(C)C)cc3N(c3c(-c4cccc(C(C)(C)C)c4)cc(C(C)(C)C)cc3-c3cccc(C(C)(C)C)c3)c3c([2H])c(-n4c5c([2H])c([2H])c([2H])c([2H])c5c5c([2H])c([2H])c([2H])c([2H])c54)c([2H])c([2H])c31)N2c1c(-c2cccc(C(C)(C)C)c2)cc(C(C)(C)C)cc1-c1cccc(C(C)(C)C)c1. The van der Waals surface area contributed by atoms with E-state index in [-0.39, 0.29) is 43.8 Å². The topological polar surface area (TPSA) is 16.3 Å². The maximum Gasteiger partial charge on any atom is 0.252 e. The van der Waals surface area contributed by atoms with Gasteiger partial charge in [-0.15, -0.1) is 0 Å². The molecule has 2 aliphatic heterocycles. The lowest BCUT2D eigenvalue weighted by Gasteiger charge is -2.47. The van der Waals surface area contributed by atoms with Gasteiger partial charge in [-0.3, -0.25) is 0 Å². The molecule has 0 N–H and O–H groups in total. The van der Waals surface area contributed by atoms with Gasteiger partial charge in [-0.05, 0) is 200 Å². The maximum atomic E-state index is 12.0. The summed E-state index contributed by atoms with van der Waals surface area (Å²) < 4.78 is 226. The second-order valence-electron chi connectivity index (χ2n) is 37.5. The summed E-state index contributed by atoms with van der Waals surface area (Å²) in [6, 6.07) is 30.0. The molecule has 0 atom stereocenters. The van der Waals surface area contributed by atoms with Gasteiger partial charge in [0.05, 0.1) is 63.6 Å². The molecule has 0 radical (unpaired) electrons. The van der Waals surface area contributed by atoms with Crippen molar-refractivity contribution in [1.82, 2.24) is 9.13 Å². The largest absolute Gasteiger partial charge is 0.310 e. The van der Waals surface area contributed by atoms with E-state index >= 15 is 0 Å². The highest BCUT2D eigenvalue weighted by Gasteiger charge is 2.47. The molecule has 0 bridgehead atoms. The Balaban J connectivity index is 1.21. The van der Waals surface area contributed by atoms with E-state index in [4.69, 9.17) is 0 Å². The lowest BCUT2D eigenvalue weighted by molar-refractivity contribution is 0.589. The van der Waals surface area contributed by atoms with E-state index < -0.39 is 211 Å². The molecule has 4 heterocycles. The summed E-state index contributed by atoms with van der Waals surface area (Å²) in [6.45, 7) is 42.8. The minimum atomic E-state index is -1.68. The van der Waals surface area contributed by atoms with E-state index in [9.17, 15) is 30.2 Å². The zero-order valence-corrected chi connectivity index (χ0v) is 67.6. The van der Waals surface area contributed by atoms with Crippen LogP contribution in [0.15, 0.2) is 266 Å². The quantitative estimate of drug-likeness (QED) is 0.141. The Morgan fingerprint density at radius 1 is 0.261 bits per heavy atom. The third-order valence-corrected chi connectivity index (χ3v) is 22.5. The fraction of sp³-hybridized carbons (Fsp3) is 0.264. The van der Waals surface area contributed by atoms with Crippen molar-refractivity contribution in [3.63, 3.8) is 0 Å². The number of hydrogen-bond acceptors (Lipinski definition) is 2.